The van der Waals surface area contributed by atoms with Gasteiger partial charge in [0.1, 0.15) is 5.52 Å². The van der Waals surface area contributed by atoms with E-state index < -0.39 is 0 Å². The molecule has 6 heteroatoms. The van der Waals surface area contributed by atoms with Crippen LogP contribution < -0.4 is 10.9 Å². The van der Waals surface area contributed by atoms with Gasteiger partial charge in [0.15, 0.2) is 5.65 Å². The van der Waals surface area contributed by atoms with Gasteiger partial charge < -0.3 is 9.72 Å². The highest BCUT2D eigenvalue weighted by Crippen LogP contribution is 2.13. The van der Waals surface area contributed by atoms with Crippen LogP contribution in [0.3, 0.4) is 0 Å². The first-order valence-corrected chi connectivity index (χ1v) is 9.91. The lowest BCUT2D eigenvalue weighted by molar-refractivity contribution is -0.121. The van der Waals surface area contributed by atoms with Gasteiger partial charge in [0.2, 0.25) is 5.91 Å². The van der Waals surface area contributed by atoms with Gasteiger partial charge in [-0.2, -0.15) is 0 Å². The third kappa shape index (κ3) is 3.92. The van der Waals surface area contributed by atoms with Gasteiger partial charge in [-0.25, -0.2) is 4.98 Å². The maximum absolute atomic E-state index is 12.8. The molecule has 0 aliphatic rings. The van der Waals surface area contributed by atoms with Crippen molar-refractivity contribution in [2.75, 3.05) is 6.54 Å². The number of nitrogens with zero attached hydrogens (tertiary/aromatic N) is 3. The normalized spacial score (nSPS) is 11.2. The van der Waals surface area contributed by atoms with Crippen molar-refractivity contribution in [1.29, 1.82) is 0 Å². The van der Waals surface area contributed by atoms with Crippen LogP contribution in [0.15, 0.2) is 65.7 Å². The molecule has 1 amide bonds. The second kappa shape index (κ2) is 8.31. The number of fused-ring (bicyclic) bond motifs is 3. The summed E-state index contributed by atoms with van der Waals surface area (Å²) >= 11 is 0. The van der Waals surface area contributed by atoms with Gasteiger partial charge in [-0.15, -0.1) is 0 Å². The van der Waals surface area contributed by atoms with Crippen molar-refractivity contribution in [2.24, 2.45) is 0 Å². The van der Waals surface area contributed by atoms with Crippen LogP contribution in [-0.2, 0) is 17.8 Å². The number of carbonyl (C=O) groups excluding carboxylic acids is 1. The van der Waals surface area contributed by atoms with E-state index in [9.17, 15) is 9.59 Å². The molecule has 0 atom stereocenters. The van der Waals surface area contributed by atoms with E-state index in [1.54, 1.807) is 10.8 Å². The highest BCUT2D eigenvalue weighted by molar-refractivity contribution is 5.76. The number of nitrogens with one attached hydrogen (secondary N) is 1. The van der Waals surface area contributed by atoms with Gasteiger partial charge in [-0.3, -0.25) is 14.2 Å². The molecule has 0 aliphatic heterocycles. The Morgan fingerprint density at radius 3 is 2.76 bits per heavy atom. The highest BCUT2D eigenvalue weighted by atomic mass is 16.1. The molecule has 0 radical (unpaired) electrons. The molecular formula is C23H24N4O2. The molecule has 3 heterocycles. The molecule has 29 heavy (non-hydrogen) atoms. The topological polar surface area (TPSA) is 68.4 Å². The SMILES string of the molecule is Cc1ccccc1CCNC(=O)CCCn1c(=O)c2cccn2c2cccnc21. The van der Waals surface area contributed by atoms with Gasteiger partial charge in [0.05, 0.1) is 5.52 Å². The Kier molecular flexibility index (Phi) is 5.42. The standard InChI is InChI=1S/C23H24N4O2/c1-17-7-2-3-8-18(17)12-14-24-21(28)11-6-16-27-22-19(9-4-13-25-22)26-15-5-10-20(26)23(27)29/h2-5,7-10,13,15H,6,11-12,14,16H2,1H3,(H,24,28). The second-order valence-corrected chi connectivity index (χ2v) is 7.20. The summed E-state index contributed by atoms with van der Waals surface area (Å²) in [5.74, 6) is 0.00709. The Morgan fingerprint density at radius 2 is 1.90 bits per heavy atom. The summed E-state index contributed by atoms with van der Waals surface area (Å²) in [6, 6.07) is 15.7. The van der Waals surface area contributed by atoms with Crippen LogP contribution in [0.2, 0.25) is 0 Å². The van der Waals surface area contributed by atoms with E-state index in [1.807, 2.05) is 47.0 Å². The van der Waals surface area contributed by atoms with Crippen LogP contribution in [0.1, 0.15) is 24.0 Å². The number of aromatic nitrogens is 3. The van der Waals surface area contributed by atoms with Crippen molar-refractivity contribution in [3.05, 3.63) is 82.4 Å². The van der Waals surface area contributed by atoms with Gasteiger partial charge in [-0.05, 0) is 55.2 Å². The number of hydrogen-bond donors (Lipinski definition) is 1. The molecule has 6 nitrogen and oxygen atoms in total. The number of pyridine rings is 1. The van der Waals surface area contributed by atoms with E-state index in [0.29, 0.717) is 37.1 Å². The molecule has 0 spiro atoms. The largest absolute Gasteiger partial charge is 0.356 e. The number of carbonyl (C=O) groups is 1. The zero-order chi connectivity index (χ0) is 20.2. The fourth-order valence-corrected chi connectivity index (χ4v) is 3.70. The fraction of sp³-hybridized carbons (Fsp3) is 0.261. The molecule has 4 rings (SSSR count). The maximum atomic E-state index is 12.8. The van der Waals surface area contributed by atoms with Crippen LogP contribution in [-0.4, -0.2) is 26.4 Å². The minimum absolute atomic E-state index is 0.00709. The molecule has 1 aromatic carbocycles. The smallest absolute Gasteiger partial charge is 0.276 e. The predicted molar refractivity (Wildman–Crippen MR) is 114 cm³/mol. The Balaban J connectivity index is 1.38. The monoisotopic (exact) mass is 388 g/mol. The average molecular weight is 388 g/mol. The van der Waals surface area contributed by atoms with E-state index in [4.69, 9.17) is 0 Å². The lowest BCUT2D eigenvalue weighted by Crippen LogP contribution is -2.27. The van der Waals surface area contributed by atoms with E-state index in [1.165, 1.54) is 11.1 Å². The minimum Gasteiger partial charge on any atom is -0.356 e. The summed E-state index contributed by atoms with van der Waals surface area (Å²) in [5.41, 5.74) is 4.55. The molecule has 148 valence electrons. The Morgan fingerprint density at radius 1 is 1.07 bits per heavy atom. The Bertz CT molecular complexity index is 1220. The maximum Gasteiger partial charge on any atom is 0.276 e. The van der Waals surface area contributed by atoms with Gasteiger partial charge >= 0.3 is 0 Å². The van der Waals surface area contributed by atoms with Gasteiger partial charge in [-0.1, -0.05) is 24.3 Å². The molecule has 1 N–H and O–H groups in total. The van der Waals surface area contributed by atoms with Crippen LogP contribution in [0, 0.1) is 6.92 Å². The zero-order valence-corrected chi connectivity index (χ0v) is 16.5. The van der Waals surface area contributed by atoms with E-state index >= 15 is 0 Å². The molecule has 0 saturated heterocycles. The van der Waals surface area contributed by atoms with Crippen molar-refractivity contribution in [1.82, 2.24) is 19.3 Å². The molecule has 0 fully saturated rings. The Labute approximate surface area is 168 Å². The molecule has 0 aliphatic carbocycles. The first-order chi connectivity index (χ1) is 14.1. The van der Waals surface area contributed by atoms with E-state index in [2.05, 4.69) is 29.4 Å². The van der Waals surface area contributed by atoms with Gasteiger partial charge in [0, 0.05) is 31.9 Å². The summed E-state index contributed by atoms with van der Waals surface area (Å²) < 4.78 is 3.53. The quantitative estimate of drug-likeness (QED) is 0.529. The lowest BCUT2D eigenvalue weighted by Gasteiger charge is -2.12. The molecule has 3 aromatic heterocycles. The third-order valence-electron chi connectivity index (χ3n) is 5.26. The predicted octanol–water partition coefficient (Wildman–Crippen LogP) is 3.10. The van der Waals surface area contributed by atoms with Crippen LogP contribution in [0.5, 0.6) is 0 Å². The highest BCUT2D eigenvalue weighted by Gasteiger charge is 2.11. The first-order valence-electron chi connectivity index (χ1n) is 9.91. The summed E-state index contributed by atoms with van der Waals surface area (Å²) in [6.45, 7) is 3.15. The van der Waals surface area contributed by atoms with Crippen molar-refractivity contribution >= 4 is 22.6 Å². The summed E-state index contributed by atoms with van der Waals surface area (Å²) in [7, 11) is 0. The fourth-order valence-electron chi connectivity index (χ4n) is 3.70. The van der Waals surface area contributed by atoms with Crippen LogP contribution >= 0.6 is 0 Å². The first kappa shape index (κ1) is 18.9. The molecule has 0 unspecified atom stereocenters. The zero-order valence-electron chi connectivity index (χ0n) is 16.5. The summed E-state index contributed by atoms with van der Waals surface area (Å²) in [4.78, 5) is 29.5. The number of amides is 1. The van der Waals surface area contributed by atoms with E-state index in [-0.39, 0.29) is 11.5 Å². The summed E-state index contributed by atoms with van der Waals surface area (Å²) in [5, 5.41) is 2.98. The lowest BCUT2D eigenvalue weighted by atomic mass is 10.1. The Hall–Kier alpha value is -3.41. The van der Waals surface area contributed by atoms with Crippen molar-refractivity contribution in [3.63, 3.8) is 0 Å². The molecule has 0 saturated carbocycles. The van der Waals surface area contributed by atoms with Gasteiger partial charge in [0.25, 0.3) is 5.56 Å². The van der Waals surface area contributed by atoms with Crippen molar-refractivity contribution in [2.45, 2.75) is 32.7 Å². The van der Waals surface area contributed by atoms with E-state index in [0.717, 1.165) is 11.9 Å². The molecular weight excluding hydrogens is 364 g/mol. The van der Waals surface area contributed by atoms with Crippen LogP contribution in [0.4, 0.5) is 0 Å². The average Bonchev–Trinajstić information content (AvgIpc) is 3.22. The second-order valence-electron chi connectivity index (χ2n) is 7.20. The number of hydrogen-bond acceptors (Lipinski definition) is 3. The third-order valence-corrected chi connectivity index (χ3v) is 5.26. The molecule has 4 aromatic rings. The number of aryl methyl sites for hydroxylation is 2. The number of rotatable bonds is 7. The molecule has 0 bridgehead atoms. The van der Waals surface area contributed by atoms with Crippen molar-refractivity contribution < 1.29 is 4.79 Å². The van der Waals surface area contributed by atoms with Crippen LogP contribution in [0.25, 0.3) is 16.7 Å². The van der Waals surface area contributed by atoms with Crippen molar-refractivity contribution in [3.8, 4) is 0 Å². The minimum atomic E-state index is -0.0823. The number of benzene rings is 1. The summed E-state index contributed by atoms with van der Waals surface area (Å²) in [6.07, 6.45) is 5.33.